The van der Waals surface area contributed by atoms with Crippen molar-refractivity contribution in [3.63, 3.8) is 0 Å². The average molecular weight is 501 g/mol. The molecule has 0 amide bonds. The van der Waals surface area contributed by atoms with E-state index in [9.17, 15) is 9.90 Å². The number of halogens is 1. The van der Waals surface area contributed by atoms with Gasteiger partial charge in [0.05, 0.1) is 0 Å². The molecule has 0 spiro atoms. The molecule has 1 aromatic heterocycles. The number of aliphatic hydroxyl groups is 1. The molecule has 3 N–H and O–H groups in total. The zero-order valence-electron chi connectivity index (χ0n) is 20.9. The molecule has 0 aliphatic rings. The Morgan fingerprint density at radius 1 is 0.971 bits per heavy atom. The van der Waals surface area contributed by atoms with Crippen LogP contribution in [0.3, 0.4) is 0 Å². The number of rotatable bonds is 10. The maximum absolute atomic E-state index is 10.9. The van der Waals surface area contributed by atoms with Gasteiger partial charge in [-0.3, -0.25) is 4.90 Å². The number of benzene rings is 2. The van der Waals surface area contributed by atoms with Crippen molar-refractivity contribution in [2.24, 2.45) is 0 Å². The minimum Gasteiger partial charge on any atom is -0.507 e. The van der Waals surface area contributed by atoms with E-state index in [0.29, 0.717) is 25.2 Å². The molecule has 3 rings (SSSR count). The summed E-state index contributed by atoms with van der Waals surface area (Å²) in [6.07, 6.45) is 3.66. The first kappa shape index (κ1) is 28.4. The number of para-hydroxylation sites is 1. The minimum absolute atomic E-state index is 0.0671. The van der Waals surface area contributed by atoms with Gasteiger partial charge in [-0.05, 0) is 62.6 Å². The number of hydrogen-bond donors (Lipinski definition) is 3. The van der Waals surface area contributed by atoms with E-state index in [4.69, 9.17) is 21.8 Å². The number of carbonyl (C=O) groups is 1. The molecule has 3 unspecified atom stereocenters. The third kappa shape index (κ3) is 8.13. The smallest absolute Gasteiger partial charge is 0.339 e. The second-order valence-electron chi connectivity index (χ2n) is 8.70. The molecule has 1 heterocycles. The molecule has 6 nitrogen and oxygen atoms in total. The molecule has 0 radical (unpaired) electrons. The van der Waals surface area contributed by atoms with E-state index < -0.39 is 12.1 Å². The van der Waals surface area contributed by atoms with Gasteiger partial charge in [0.2, 0.25) is 0 Å². The number of carboxylic acid groups (broad SMARTS) is 1. The number of hydrogen-bond acceptors (Lipinski definition) is 4. The first-order chi connectivity index (χ1) is 16.7. The standard InChI is InChI=1S/C21H31ClN2O.C7H6O3/c1-5-16(3)24(17(4)6-2)15-21(25)20-12-9-13-23(20)14-18-10-7-8-11-19(18)22;8-6-4-2-1-3-5(6)7(9)10/h7-13,16-17,21,25H,5-6,14-15H2,1-4H3;1-4,8H,(H,9,10). The lowest BCUT2D eigenvalue weighted by Gasteiger charge is -2.35. The van der Waals surface area contributed by atoms with Crippen LogP contribution >= 0.6 is 11.6 Å². The molecule has 0 saturated heterocycles. The highest BCUT2D eigenvalue weighted by Gasteiger charge is 2.23. The molecule has 35 heavy (non-hydrogen) atoms. The van der Waals surface area contributed by atoms with Crippen molar-refractivity contribution in [1.29, 1.82) is 0 Å². The van der Waals surface area contributed by atoms with Crippen LogP contribution in [0.4, 0.5) is 0 Å². The summed E-state index contributed by atoms with van der Waals surface area (Å²) in [4.78, 5) is 12.7. The molecule has 0 bridgehead atoms. The van der Waals surface area contributed by atoms with Gasteiger partial charge in [-0.2, -0.15) is 0 Å². The van der Waals surface area contributed by atoms with Gasteiger partial charge in [-0.1, -0.05) is 55.8 Å². The van der Waals surface area contributed by atoms with Gasteiger partial charge in [-0.25, -0.2) is 4.79 Å². The van der Waals surface area contributed by atoms with Crippen LogP contribution in [0.1, 0.15) is 68.3 Å². The van der Waals surface area contributed by atoms with Crippen LogP contribution in [0.15, 0.2) is 66.9 Å². The van der Waals surface area contributed by atoms with Crippen LogP contribution < -0.4 is 0 Å². The molecule has 0 saturated carbocycles. The van der Waals surface area contributed by atoms with E-state index in [2.05, 4.69) is 37.2 Å². The minimum atomic E-state index is -1.11. The van der Waals surface area contributed by atoms with E-state index in [1.165, 1.54) is 12.1 Å². The van der Waals surface area contributed by atoms with Crippen LogP contribution in [0.2, 0.25) is 5.02 Å². The Balaban J connectivity index is 0.000000360. The Morgan fingerprint density at radius 3 is 2.11 bits per heavy atom. The van der Waals surface area contributed by atoms with Crippen molar-refractivity contribution in [2.75, 3.05) is 6.54 Å². The highest BCUT2D eigenvalue weighted by molar-refractivity contribution is 6.31. The third-order valence-corrected chi connectivity index (χ3v) is 6.71. The summed E-state index contributed by atoms with van der Waals surface area (Å²) in [5.74, 6) is -1.31. The molecule has 7 heteroatoms. The summed E-state index contributed by atoms with van der Waals surface area (Å²) in [6, 6.07) is 18.6. The molecule has 3 atom stereocenters. The molecule has 3 aromatic rings. The summed E-state index contributed by atoms with van der Waals surface area (Å²) in [6.45, 7) is 10.2. The second kappa shape index (κ2) is 13.9. The van der Waals surface area contributed by atoms with Gasteiger partial charge in [0.25, 0.3) is 0 Å². The maximum Gasteiger partial charge on any atom is 0.339 e. The predicted molar refractivity (Wildman–Crippen MR) is 141 cm³/mol. The number of aromatic nitrogens is 1. The van der Waals surface area contributed by atoms with Gasteiger partial charge >= 0.3 is 5.97 Å². The van der Waals surface area contributed by atoms with Crippen LogP contribution in [0.5, 0.6) is 5.75 Å². The highest BCUT2D eigenvalue weighted by atomic mass is 35.5. The zero-order chi connectivity index (χ0) is 26.0. The topological polar surface area (TPSA) is 85.9 Å². The van der Waals surface area contributed by atoms with Crippen molar-refractivity contribution < 1.29 is 20.1 Å². The molecule has 190 valence electrons. The Labute approximate surface area is 213 Å². The third-order valence-electron chi connectivity index (χ3n) is 6.34. The number of aromatic hydroxyl groups is 1. The van der Waals surface area contributed by atoms with Gasteiger partial charge < -0.3 is 19.9 Å². The molecular formula is C28H37ClN2O4. The average Bonchev–Trinajstić information content (AvgIpc) is 3.31. The van der Waals surface area contributed by atoms with Gasteiger partial charge in [-0.15, -0.1) is 0 Å². The van der Waals surface area contributed by atoms with Crippen molar-refractivity contribution in [1.82, 2.24) is 9.47 Å². The van der Waals surface area contributed by atoms with E-state index in [0.717, 1.165) is 29.1 Å². The van der Waals surface area contributed by atoms with Crippen LogP contribution in [-0.4, -0.2) is 49.4 Å². The summed E-state index contributed by atoms with van der Waals surface area (Å²) >= 11 is 6.29. The van der Waals surface area contributed by atoms with E-state index in [1.807, 2.05) is 42.6 Å². The highest BCUT2D eigenvalue weighted by Crippen LogP contribution is 2.23. The lowest BCUT2D eigenvalue weighted by Crippen LogP contribution is -2.42. The largest absolute Gasteiger partial charge is 0.507 e. The summed E-state index contributed by atoms with van der Waals surface area (Å²) < 4.78 is 2.09. The Bertz CT molecular complexity index is 1060. The predicted octanol–water partition coefficient (Wildman–Crippen LogP) is 6.21. The van der Waals surface area contributed by atoms with Crippen molar-refractivity contribution in [3.05, 3.63) is 88.7 Å². The molecular weight excluding hydrogens is 464 g/mol. The van der Waals surface area contributed by atoms with Gasteiger partial charge in [0.15, 0.2) is 0 Å². The van der Waals surface area contributed by atoms with Gasteiger partial charge in [0, 0.05) is 42.1 Å². The lowest BCUT2D eigenvalue weighted by atomic mass is 10.1. The SMILES string of the molecule is CCC(C)N(CC(O)c1cccn1Cc1ccccc1Cl)C(C)CC.O=C(O)c1ccccc1O. The fraction of sp³-hybridized carbons (Fsp3) is 0.393. The normalized spacial score (nSPS) is 13.6. The fourth-order valence-corrected chi connectivity index (χ4v) is 4.09. The Hall–Kier alpha value is -2.80. The van der Waals surface area contributed by atoms with E-state index in [1.54, 1.807) is 12.1 Å². The number of carboxylic acids is 1. The molecule has 0 fully saturated rings. The molecule has 0 aliphatic heterocycles. The first-order valence-corrected chi connectivity index (χ1v) is 12.4. The maximum atomic E-state index is 10.9. The van der Waals surface area contributed by atoms with Crippen molar-refractivity contribution in [3.8, 4) is 5.75 Å². The lowest BCUT2D eigenvalue weighted by molar-refractivity contribution is 0.0590. The number of phenols is 1. The Morgan fingerprint density at radius 2 is 1.57 bits per heavy atom. The molecule has 2 aromatic carbocycles. The van der Waals surface area contributed by atoms with E-state index in [-0.39, 0.29) is 11.3 Å². The van der Waals surface area contributed by atoms with Crippen LogP contribution in [0, 0.1) is 0 Å². The van der Waals surface area contributed by atoms with Crippen LogP contribution in [-0.2, 0) is 6.54 Å². The number of aromatic carboxylic acids is 1. The quantitative estimate of drug-likeness (QED) is 0.308. The Kier molecular flexibility index (Phi) is 11.3. The van der Waals surface area contributed by atoms with Crippen molar-refractivity contribution >= 4 is 17.6 Å². The van der Waals surface area contributed by atoms with Gasteiger partial charge in [0.1, 0.15) is 17.4 Å². The van der Waals surface area contributed by atoms with Crippen LogP contribution in [0.25, 0.3) is 0 Å². The summed E-state index contributed by atoms with van der Waals surface area (Å²) in [5, 5.41) is 29.0. The van der Waals surface area contributed by atoms with E-state index >= 15 is 0 Å². The summed E-state index contributed by atoms with van der Waals surface area (Å²) in [5.41, 5.74) is 1.94. The van der Waals surface area contributed by atoms with Crippen molar-refractivity contribution in [2.45, 2.75) is 65.3 Å². The number of nitrogens with zero attached hydrogens (tertiary/aromatic N) is 2. The zero-order valence-corrected chi connectivity index (χ0v) is 21.7. The number of aliphatic hydroxyl groups excluding tert-OH is 1. The monoisotopic (exact) mass is 500 g/mol. The fourth-order valence-electron chi connectivity index (χ4n) is 3.89. The molecule has 0 aliphatic carbocycles. The first-order valence-electron chi connectivity index (χ1n) is 12.0. The summed E-state index contributed by atoms with van der Waals surface area (Å²) in [7, 11) is 0. The second-order valence-corrected chi connectivity index (χ2v) is 9.11.